The van der Waals surface area contributed by atoms with E-state index in [0.717, 1.165) is 17.7 Å². The monoisotopic (exact) mass is 276 g/mol. The molecular formula is C14H14BFO4. The molecule has 0 saturated carbocycles. The van der Waals surface area contributed by atoms with Gasteiger partial charge in [0.1, 0.15) is 11.6 Å². The Kier molecular flexibility index (Phi) is 5.12. The van der Waals surface area contributed by atoms with E-state index in [1.54, 1.807) is 0 Å². The molecule has 0 heterocycles. The summed E-state index contributed by atoms with van der Waals surface area (Å²) in [5.74, 6) is -0.421. The lowest BCUT2D eigenvalue weighted by atomic mass is 9.80. The van der Waals surface area contributed by atoms with Crippen LogP contribution in [0.2, 0.25) is 0 Å². The Labute approximate surface area is 116 Å². The maximum Gasteiger partial charge on any atom is 0.488 e. The van der Waals surface area contributed by atoms with E-state index in [0.29, 0.717) is 6.61 Å². The van der Waals surface area contributed by atoms with E-state index >= 15 is 0 Å². The van der Waals surface area contributed by atoms with Crippen LogP contribution in [0.5, 0.6) is 5.75 Å². The number of benzene rings is 2. The minimum atomic E-state index is -1.74. The number of ether oxygens (including phenoxy) is 2. The molecule has 2 aromatic carbocycles. The van der Waals surface area contributed by atoms with Crippen LogP contribution >= 0.6 is 0 Å². The third-order valence-corrected chi connectivity index (χ3v) is 2.61. The van der Waals surface area contributed by atoms with Gasteiger partial charge >= 0.3 is 7.12 Å². The van der Waals surface area contributed by atoms with E-state index in [1.807, 2.05) is 30.3 Å². The van der Waals surface area contributed by atoms with Gasteiger partial charge in [-0.25, -0.2) is 4.39 Å². The summed E-state index contributed by atoms with van der Waals surface area (Å²) in [5, 5.41) is 18.0. The van der Waals surface area contributed by atoms with Gasteiger partial charge in [0.15, 0.2) is 6.79 Å². The van der Waals surface area contributed by atoms with Crippen molar-refractivity contribution in [2.24, 2.45) is 0 Å². The van der Waals surface area contributed by atoms with Crippen LogP contribution in [0.1, 0.15) is 5.56 Å². The van der Waals surface area contributed by atoms with Crippen molar-refractivity contribution >= 4 is 12.6 Å². The van der Waals surface area contributed by atoms with E-state index in [4.69, 9.17) is 19.5 Å². The summed E-state index contributed by atoms with van der Waals surface area (Å²) in [6, 6.07) is 13.1. The Morgan fingerprint density at radius 1 is 1.05 bits per heavy atom. The van der Waals surface area contributed by atoms with Crippen molar-refractivity contribution < 1.29 is 23.9 Å². The highest BCUT2D eigenvalue weighted by Crippen LogP contribution is 2.11. The second kappa shape index (κ2) is 7.05. The molecule has 0 aliphatic rings. The number of hydrogen-bond donors (Lipinski definition) is 2. The molecule has 2 rings (SSSR count). The first kappa shape index (κ1) is 14.5. The Balaban J connectivity index is 1.85. The van der Waals surface area contributed by atoms with Gasteiger partial charge in [0, 0.05) is 6.07 Å². The van der Waals surface area contributed by atoms with Crippen LogP contribution in [0.3, 0.4) is 0 Å². The van der Waals surface area contributed by atoms with Gasteiger partial charge in [-0.3, -0.25) is 0 Å². The van der Waals surface area contributed by atoms with Crippen LogP contribution in [0.4, 0.5) is 4.39 Å². The summed E-state index contributed by atoms with van der Waals surface area (Å²) in [6.07, 6.45) is 0. The second-order valence-electron chi connectivity index (χ2n) is 4.19. The largest absolute Gasteiger partial charge is 0.488 e. The zero-order valence-electron chi connectivity index (χ0n) is 10.7. The lowest BCUT2D eigenvalue weighted by molar-refractivity contribution is 0.00494. The molecule has 104 valence electrons. The first-order chi connectivity index (χ1) is 9.65. The predicted molar refractivity (Wildman–Crippen MR) is 73.0 cm³/mol. The van der Waals surface area contributed by atoms with Gasteiger partial charge in [-0.15, -0.1) is 0 Å². The first-order valence-electron chi connectivity index (χ1n) is 6.06. The topological polar surface area (TPSA) is 58.9 Å². The van der Waals surface area contributed by atoms with Crippen molar-refractivity contribution in [3.8, 4) is 5.75 Å². The van der Waals surface area contributed by atoms with Gasteiger partial charge in [-0.1, -0.05) is 30.3 Å². The molecule has 0 aliphatic carbocycles. The summed E-state index contributed by atoms with van der Waals surface area (Å²) >= 11 is 0. The summed E-state index contributed by atoms with van der Waals surface area (Å²) in [4.78, 5) is 0. The van der Waals surface area contributed by atoms with E-state index in [2.05, 4.69) is 0 Å². The first-order valence-corrected chi connectivity index (χ1v) is 6.06. The Morgan fingerprint density at radius 3 is 2.50 bits per heavy atom. The van der Waals surface area contributed by atoms with Gasteiger partial charge in [-0.2, -0.15) is 0 Å². The van der Waals surface area contributed by atoms with Crippen LogP contribution in [-0.4, -0.2) is 24.0 Å². The second-order valence-corrected chi connectivity index (χ2v) is 4.19. The molecule has 2 N–H and O–H groups in total. The smallest absolute Gasteiger partial charge is 0.467 e. The minimum absolute atomic E-state index is 0.0306. The molecule has 0 unspecified atom stereocenters. The highest BCUT2D eigenvalue weighted by molar-refractivity contribution is 6.58. The van der Waals surface area contributed by atoms with Crippen LogP contribution in [0.25, 0.3) is 0 Å². The molecule has 0 aromatic heterocycles. The van der Waals surface area contributed by atoms with Gasteiger partial charge in [0.2, 0.25) is 0 Å². The van der Waals surface area contributed by atoms with Crippen molar-refractivity contribution in [2.45, 2.75) is 6.61 Å². The number of halogens is 1. The lowest BCUT2D eigenvalue weighted by Crippen LogP contribution is -2.30. The zero-order valence-corrected chi connectivity index (χ0v) is 10.7. The molecular weight excluding hydrogens is 262 g/mol. The van der Waals surface area contributed by atoms with Crippen molar-refractivity contribution in [3.05, 3.63) is 59.9 Å². The summed E-state index contributed by atoms with van der Waals surface area (Å²) < 4.78 is 23.7. The van der Waals surface area contributed by atoms with Gasteiger partial charge in [-0.05, 0) is 23.2 Å². The van der Waals surface area contributed by atoms with E-state index in [9.17, 15) is 4.39 Å². The van der Waals surface area contributed by atoms with Crippen LogP contribution in [0.15, 0.2) is 48.5 Å². The fourth-order valence-corrected chi connectivity index (χ4v) is 1.66. The maximum absolute atomic E-state index is 13.2. The van der Waals surface area contributed by atoms with E-state index in [1.165, 1.54) is 6.07 Å². The normalized spacial score (nSPS) is 10.3. The summed E-state index contributed by atoms with van der Waals surface area (Å²) in [6.45, 7) is 0.324. The molecule has 4 nitrogen and oxygen atoms in total. The Bertz CT molecular complexity index is 548. The quantitative estimate of drug-likeness (QED) is 0.470. The third-order valence-electron chi connectivity index (χ3n) is 2.61. The van der Waals surface area contributed by atoms with Crippen LogP contribution < -0.4 is 10.2 Å². The lowest BCUT2D eigenvalue weighted by Gasteiger charge is -2.09. The molecule has 20 heavy (non-hydrogen) atoms. The fourth-order valence-electron chi connectivity index (χ4n) is 1.66. The van der Waals surface area contributed by atoms with Crippen molar-refractivity contribution in [2.75, 3.05) is 6.79 Å². The average Bonchev–Trinajstić information content (AvgIpc) is 2.44. The number of rotatable bonds is 6. The third kappa shape index (κ3) is 4.34. The minimum Gasteiger partial charge on any atom is -0.467 e. The standard InChI is InChI=1S/C14H14BFO4/c16-13-6-12(15(17)18)7-14(8-13)20-10-19-9-11-4-2-1-3-5-11/h1-8,17-18H,9-10H2. The molecule has 0 bridgehead atoms. The Hall–Kier alpha value is -1.89. The predicted octanol–water partition coefficient (Wildman–Crippen LogP) is 1.06. The Morgan fingerprint density at radius 2 is 1.80 bits per heavy atom. The van der Waals surface area contributed by atoms with E-state index in [-0.39, 0.29) is 18.0 Å². The molecule has 0 saturated heterocycles. The molecule has 0 radical (unpaired) electrons. The molecule has 0 atom stereocenters. The van der Waals surface area contributed by atoms with Gasteiger partial charge in [0.05, 0.1) is 6.61 Å². The molecule has 6 heteroatoms. The van der Waals surface area contributed by atoms with Gasteiger partial charge < -0.3 is 19.5 Å². The highest BCUT2D eigenvalue weighted by Gasteiger charge is 2.13. The average molecular weight is 276 g/mol. The molecule has 0 amide bonds. The summed E-state index contributed by atoms with van der Waals surface area (Å²) in [5.41, 5.74) is 1.03. The van der Waals surface area contributed by atoms with Crippen molar-refractivity contribution in [1.82, 2.24) is 0 Å². The highest BCUT2D eigenvalue weighted by atomic mass is 19.1. The van der Waals surface area contributed by atoms with Crippen LogP contribution in [0, 0.1) is 5.82 Å². The molecule has 0 aliphatic heterocycles. The zero-order chi connectivity index (χ0) is 14.4. The van der Waals surface area contributed by atoms with Crippen molar-refractivity contribution in [1.29, 1.82) is 0 Å². The van der Waals surface area contributed by atoms with Crippen molar-refractivity contribution in [3.63, 3.8) is 0 Å². The molecule has 0 fully saturated rings. The summed E-state index contributed by atoms with van der Waals surface area (Å²) in [7, 11) is -1.74. The fraction of sp³-hybridized carbons (Fsp3) is 0.143. The maximum atomic E-state index is 13.2. The SMILES string of the molecule is OB(O)c1cc(F)cc(OCOCc2ccccc2)c1. The van der Waals surface area contributed by atoms with Gasteiger partial charge in [0.25, 0.3) is 0 Å². The van der Waals surface area contributed by atoms with Crippen LogP contribution in [-0.2, 0) is 11.3 Å². The number of hydrogen-bond acceptors (Lipinski definition) is 4. The molecule has 0 spiro atoms. The van der Waals surface area contributed by atoms with E-state index < -0.39 is 12.9 Å². The molecule has 2 aromatic rings.